The first-order valence-corrected chi connectivity index (χ1v) is 8.67. The van der Waals surface area contributed by atoms with Crippen molar-refractivity contribution < 1.29 is 19.0 Å². The van der Waals surface area contributed by atoms with Gasteiger partial charge in [-0.05, 0) is 60.9 Å². The van der Waals surface area contributed by atoms with Crippen molar-refractivity contribution in [1.29, 1.82) is 0 Å². The largest absolute Gasteiger partial charge is 0.494 e. The zero-order chi connectivity index (χ0) is 18.5. The van der Waals surface area contributed by atoms with E-state index in [2.05, 4.69) is 5.32 Å². The highest BCUT2D eigenvalue weighted by molar-refractivity contribution is 5.89. The SMILES string of the molecule is CCOc1ccc(NC(=O)N2CCc3cc(OC)c(OC)cc3C2)cc1. The first-order valence-electron chi connectivity index (χ1n) is 8.67. The lowest BCUT2D eigenvalue weighted by atomic mass is 9.99. The molecule has 2 aromatic rings. The molecule has 3 rings (SSSR count). The van der Waals surface area contributed by atoms with E-state index in [0.717, 1.165) is 29.2 Å². The molecule has 2 amide bonds. The van der Waals surface area contributed by atoms with Gasteiger partial charge in [0.15, 0.2) is 11.5 Å². The highest BCUT2D eigenvalue weighted by Gasteiger charge is 2.23. The third-order valence-corrected chi connectivity index (χ3v) is 4.42. The summed E-state index contributed by atoms with van der Waals surface area (Å²) in [7, 11) is 3.24. The second kappa shape index (κ2) is 7.99. The van der Waals surface area contributed by atoms with Crippen LogP contribution >= 0.6 is 0 Å². The molecule has 0 bridgehead atoms. The van der Waals surface area contributed by atoms with Gasteiger partial charge in [-0.2, -0.15) is 0 Å². The highest BCUT2D eigenvalue weighted by Crippen LogP contribution is 2.33. The molecule has 1 heterocycles. The van der Waals surface area contributed by atoms with Crippen LogP contribution in [0.1, 0.15) is 18.1 Å². The number of nitrogens with one attached hydrogen (secondary N) is 1. The van der Waals surface area contributed by atoms with Crippen LogP contribution in [0.15, 0.2) is 36.4 Å². The molecule has 6 nitrogen and oxygen atoms in total. The molecule has 1 aliphatic rings. The molecule has 0 unspecified atom stereocenters. The lowest BCUT2D eigenvalue weighted by Gasteiger charge is -2.29. The summed E-state index contributed by atoms with van der Waals surface area (Å²) in [6, 6.07) is 11.2. The summed E-state index contributed by atoms with van der Waals surface area (Å²) >= 11 is 0. The van der Waals surface area contributed by atoms with Gasteiger partial charge in [-0.15, -0.1) is 0 Å². The Morgan fingerprint density at radius 1 is 1.08 bits per heavy atom. The number of hydrogen-bond donors (Lipinski definition) is 1. The number of anilines is 1. The zero-order valence-corrected chi connectivity index (χ0v) is 15.4. The van der Waals surface area contributed by atoms with E-state index >= 15 is 0 Å². The molecule has 0 spiro atoms. The molecule has 26 heavy (non-hydrogen) atoms. The number of amides is 2. The molecule has 0 aliphatic carbocycles. The summed E-state index contributed by atoms with van der Waals surface area (Å²) in [5.41, 5.74) is 3.01. The number of urea groups is 1. The third-order valence-electron chi connectivity index (χ3n) is 4.42. The second-order valence-corrected chi connectivity index (χ2v) is 6.03. The Morgan fingerprint density at radius 2 is 1.73 bits per heavy atom. The molecule has 0 atom stereocenters. The summed E-state index contributed by atoms with van der Waals surface area (Å²) in [4.78, 5) is 14.4. The molecular formula is C20H24N2O4. The minimum absolute atomic E-state index is 0.116. The maximum Gasteiger partial charge on any atom is 0.322 e. The summed E-state index contributed by atoms with van der Waals surface area (Å²) in [5.74, 6) is 2.19. The first kappa shape index (κ1) is 17.9. The Labute approximate surface area is 153 Å². The van der Waals surface area contributed by atoms with E-state index in [1.54, 1.807) is 19.1 Å². The van der Waals surface area contributed by atoms with Crippen molar-refractivity contribution in [3.63, 3.8) is 0 Å². The molecule has 6 heteroatoms. The summed E-state index contributed by atoms with van der Waals surface area (Å²) in [6.07, 6.45) is 0.784. The van der Waals surface area contributed by atoms with Gasteiger partial charge in [-0.1, -0.05) is 0 Å². The van der Waals surface area contributed by atoms with Gasteiger partial charge < -0.3 is 24.4 Å². The maximum atomic E-state index is 12.6. The topological polar surface area (TPSA) is 60.0 Å². The van der Waals surface area contributed by atoms with Crippen molar-refractivity contribution in [3.05, 3.63) is 47.5 Å². The number of nitrogens with zero attached hydrogens (tertiary/aromatic N) is 1. The van der Waals surface area contributed by atoms with Gasteiger partial charge in [-0.3, -0.25) is 0 Å². The summed E-state index contributed by atoms with van der Waals surface area (Å²) in [5, 5.41) is 2.94. The van der Waals surface area contributed by atoms with Crippen molar-refractivity contribution in [2.75, 3.05) is 32.7 Å². The van der Waals surface area contributed by atoms with E-state index in [9.17, 15) is 4.79 Å². The number of carbonyl (C=O) groups excluding carboxylic acids is 1. The molecule has 0 fully saturated rings. The standard InChI is InChI=1S/C20H24N2O4/c1-4-26-17-7-5-16(6-8-17)21-20(23)22-10-9-14-11-18(24-2)19(25-3)12-15(14)13-22/h5-8,11-12H,4,9-10,13H2,1-3H3,(H,21,23). The van der Waals surface area contributed by atoms with E-state index in [4.69, 9.17) is 14.2 Å². The lowest BCUT2D eigenvalue weighted by Crippen LogP contribution is -2.38. The Morgan fingerprint density at radius 3 is 2.35 bits per heavy atom. The van der Waals surface area contributed by atoms with Crippen LogP contribution < -0.4 is 19.5 Å². The van der Waals surface area contributed by atoms with Gasteiger partial charge in [0, 0.05) is 18.8 Å². The summed E-state index contributed by atoms with van der Waals surface area (Å²) < 4.78 is 16.1. The highest BCUT2D eigenvalue weighted by atomic mass is 16.5. The van der Waals surface area contributed by atoms with E-state index < -0.39 is 0 Å². The van der Waals surface area contributed by atoms with Crippen LogP contribution in [0.3, 0.4) is 0 Å². The van der Waals surface area contributed by atoms with Crippen LogP contribution in [0.4, 0.5) is 10.5 Å². The Balaban J connectivity index is 1.68. The molecule has 0 saturated carbocycles. The van der Waals surface area contributed by atoms with Gasteiger partial charge in [0.25, 0.3) is 0 Å². The molecule has 0 saturated heterocycles. The van der Waals surface area contributed by atoms with Crippen LogP contribution in [-0.2, 0) is 13.0 Å². The monoisotopic (exact) mass is 356 g/mol. The van der Waals surface area contributed by atoms with E-state index in [1.807, 2.05) is 43.3 Å². The van der Waals surface area contributed by atoms with Crippen molar-refractivity contribution in [2.45, 2.75) is 19.9 Å². The Kier molecular flexibility index (Phi) is 5.51. The smallest absolute Gasteiger partial charge is 0.322 e. The van der Waals surface area contributed by atoms with Crippen LogP contribution in [0, 0.1) is 0 Å². The van der Waals surface area contributed by atoms with Gasteiger partial charge in [0.05, 0.1) is 20.8 Å². The molecule has 0 radical (unpaired) electrons. The van der Waals surface area contributed by atoms with Crippen LogP contribution in [-0.4, -0.2) is 38.3 Å². The fourth-order valence-corrected chi connectivity index (χ4v) is 3.06. The number of hydrogen-bond acceptors (Lipinski definition) is 4. The minimum Gasteiger partial charge on any atom is -0.494 e. The van der Waals surface area contributed by atoms with Crippen molar-refractivity contribution in [2.24, 2.45) is 0 Å². The number of carbonyl (C=O) groups is 1. The van der Waals surface area contributed by atoms with Crippen LogP contribution in [0.25, 0.3) is 0 Å². The second-order valence-electron chi connectivity index (χ2n) is 6.03. The molecule has 138 valence electrons. The Hall–Kier alpha value is -2.89. The molecule has 1 aliphatic heterocycles. The fourth-order valence-electron chi connectivity index (χ4n) is 3.06. The normalized spacial score (nSPS) is 13.0. The minimum atomic E-state index is -0.116. The molecular weight excluding hydrogens is 332 g/mol. The van der Waals surface area contributed by atoms with E-state index in [-0.39, 0.29) is 6.03 Å². The number of fused-ring (bicyclic) bond motifs is 1. The van der Waals surface area contributed by atoms with E-state index in [0.29, 0.717) is 25.4 Å². The molecule has 0 aromatic heterocycles. The van der Waals surface area contributed by atoms with Crippen molar-refractivity contribution in [1.82, 2.24) is 4.90 Å². The maximum absolute atomic E-state index is 12.6. The number of rotatable bonds is 5. The molecule has 1 N–H and O–H groups in total. The average molecular weight is 356 g/mol. The third kappa shape index (κ3) is 3.85. The van der Waals surface area contributed by atoms with Crippen LogP contribution in [0.2, 0.25) is 0 Å². The van der Waals surface area contributed by atoms with Gasteiger partial charge in [-0.25, -0.2) is 4.79 Å². The zero-order valence-electron chi connectivity index (χ0n) is 15.4. The molecule has 2 aromatic carbocycles. The van der Waals surface area contributed by atoms with Gasteiger partial charge >= 0.3 is 6.03 Å². The Bertz CT molecular complexity index is 774. The quantitative estimate of drug-likeness (QED) is 0.888. The van der Waals surface area contributed by atoms with Crippen molar-refractivity contribution >= 4 is 11.7 Å². The van der Waals surface area contributed by atoms with E-state index in [1.165, 1.54) is 5.56 Å². The number of ether oxygens (including phenoxy) is 3. The first-order chi connectivity index (χ1) is 12.6. The summed E-state index contributed by atoms with van der Waals surface area (Å²) in [6.45, 7) is 3.76. The predicted molar refractivity (Wildman–Crippen MR) is 100 cm³/mol. The lowest BCUT2D eigenvalue weighted by molar-refractivity contribution is 0.206. The average Bonchev–Trinajstić information content (AvgIpc) is 2.68. The number of methoxy groups -OCH3 is 2. The van der Waals surface area contributed by atoms with Gasteiger partial charge in [0.1, 0.15) is 5.75 Å². The van der Waals surface area contributed by atoms with Crippen LogP contribution in [0.5, 0.6) is 17.2 Å². The van der Waals surface area contributed by atoms with Crippen molar-refractivity contribution in [3.8, 4) is 17.2 Å². The fraction of sp³-hybridized carbons (Fsp3) is 0.350. The van der Waals surface area contributed by atoms with Gasteiger partial charge in [0.2, 0.25) is 0 Å². The predicted octanol–water partition coefficient (Wildman–Crippen LogP) is 3.69. The number of benzene rings is 2.